The zero-order valence-electron chi connectivity index (χ0n) is 16.5. The van der Waals surface area contributed by atoms with Crippen LogP contribution in [0.1, 0.15) is 11.1 Å². The fourth-order valence-electron chi connectivity index (χ4n) is 3.62. The highest BCUT2D eigenvalue weighted by Crippen LogP contribution is 2.30. The Hall–Kier alpha value is -3.41. The summed E-state index contributed by atoms with van der Waals surface area (Å²) in [6.07, 6.45) is -2.65. The summed E-state index contributed by atoms with van der Waals surface area (Å²) < 4.78 is 48.6. The van der Waals surface area contributed by atoms with Gasteiger partial charge in [-0.2, -0.15) is 0 Å². The van der Waals surface area contributed by atoms with Gasteiger partial charge in [0, 0.05) is 18.8 Å². The topological polar surface area (TPSA) is 23.4 Å². The molecule has 4 rings (SSSR count). The number of methoxy groups -OCH3 is 1. The number of halogens is 3. The molecule has 3 aromatic carbocycles. The molecule has 0 aliphatic carbocycles. The number of nitrogens with zero attached hydrogens (tertiary/aromatic N) is 1. The van der Waals surface area contributed by atoms with Crippen LogP contribution in [-0.2, 0) is 6.54 Å². The minimum atomic E-state index is -4.69. The molecule has 0 N–H and O–H groups in total. The van der Waals surface area contributed by atoms with Crippen LogP contribution in [0.5, 0.6) is 11.5 Å². The van der Waals surface area contributed by atoms with Gasteiger partial charge in [0.1, 0.15) is 11.5 Å². The van der Waals surface area contributed by atoms with Crippen LogP contribution in [0, 0.1) is 6.92 Å². The van der Waals surface area contributed by atoms with Crippen molar-refractivity contribution in [3.63, 3.8) is 0 Å². The molecule has 0 saturated heterocycles. The van der Waals surface area contributed by atoms with E-state index in [0.29, 0.717) is 6.54 Å². The summed E-state index contributed by atoms with van der Waals surface area (Å²) >= 11 is 0. The van der Waals surface area contributed by atoms with Crippen molar-refractivity contribution in [2.75, 3.05) is 7.11 Å². The number of hydrogen-bond donors (Lipinski definition) is 0. The first-order chi connectivity index (χ1) is 14.3. The van der Waals surface area contributed by atoms with Crippen molar-refractivity contribution < 1.29 is 22.6 Å². The van der Waals surface area contributed by atoms with Crippen molar-refractivity contribution in [2.45, 2.75) is 19.8 Å². The van der Waals surface area contributed by atoms with E-state index in [4.69, 9.17) is 4.74 Å². The Kier molecular flexibility index (Phi) is 5.16. The Labute approximate surface area is 172 Å². The van der Waals surface area contributed by atoms with E-state index in [0.717, 1.165) is 38.9 Å². The summed E-state index contributed by atoms with van der Waals surface area (Å²) in [4.78, 5) is 0. The molecular formula is C24H20F3NO2. The SMILES string of the molecule is COc1ccc2ccn(Cc3cccc(-c4ccc(OC(F)(F)F)cc4)c3C)c2c1. The number of benzene rings is 3. The lowest BCUT2D eigenvalue weighted by Gasteiger charge is -2.14. The first-order valence-electron chi connectivity index (χ1n) is 9.41. The maximum Gasteiger partial charge on any atom is 0.573 e. The molecule has 0 atom stereocenters. The van der Waals surface area contributed by atoms with Crippen LogP contribution in [0.3, 0.4) is 0 Å². The molecule has 3 nitrogen and oxygen atoms in total. The van der Waals surface area contributed by atoms with Crippen molar-refractivity contribution in [1.82, 2.24) is 4.57 Å². The van der Waals surface area contributed by atoms with Crippen molar-refractivity contribution in [3.8, 4) is 22.6 Å². The minimum Gasteiger partial charge on any atom is -0.497 e. The standard InChI is InChI=1S/C24H20F3NO2/c1-16-19(15-28-13-12-18-8-11-21(29-2)14-23(18)28)4-3-5-22(16)17-6-9-20(10-7-17)30-24(25,26)27/h3-14H,15H2,1-2H3. The number of rotatable bonds is 5. The molecule has 0 spiro atoms. The Balaban J connectivity index is 1.64. The van der Waals surface area contributed by atoms with Crippen LogP contribution < -0.4 is 9.47 Å². The molecule has 0 bridgehead atoms. The zero-order chi connectivity index (χ0) is 21.3. The van der Waals surface area contributed by atoms with Crippen LogP contribution >= 0.6 is 0 Å². The van der Waals surface area contributed by atoms with Crippen LogP contribution in [0.15, 0.2) is 72.9 Å². The lowest BCUT2D eigenvalue weighted by molar-refractivity contribution is -0.274. The van der Waals surface area contributed by atoms with E-state index in [1.54, 1.807) is 19.2 Å². The molecule has 6 heteroatoms. The molecule has 0 aliphatic rings. The molecule has 0 unspecified atom stereocenters. The molecule has 0 aliphatic heterocycles. The maximum atomic E-state index is 12.4. The van der Waals surface area contributed by atoms with Gasteiger partial charge in [0.25, 0.3) is 0 Å². The molecule has 1 heterocycles. The molecule has 1 aromatic heterocycles. The molecule has 0 amide bonds. The van der Waals surface area contributed by atoms with Gasteiger partial charge in [0.05, 0.1) is 12.6 Å². The van der Waals surface area contributed by atoms with Crippen molar-refractivity contribution >= 4 is 10.9 Å². The highest BCUT2D eigenvalue weighted by Gasteiger charge is 2.31. The minimum absolute atomic E-state index is 0.229. The molecule has 0 radical (unpaired) electrons. The normalized spacial score (nSPS) is 11.6. The van der Waals surface area contributed by atoms with Crippen LogP contribution in [0.25, 0.3) is 22.0 Å². The third-order valence-electron chi connectivity index (χ3n) is 5.17. The van der Waals surface area contributed by atoms with E-state index in [1.807, 2.05) is 43.5 Å². The largest absolute Gasteiger partial charge is 0.573 e. The maximum absolute atomic E-state index is 12.4. The lowest BCUT2D eigenvalue weighted by Crippen LogP contribution is -2.16. The molecule has 30 heavy (non-hydrogen) atoms. The summed E-state index contributed by atoms with van der Waals surface area (Å²) in [5.74, 6) is 0.571. The number of fused-ring (bicyclic) bond motifs is 1. The van der Waals surface area contributed by atoms with Gasteiger partial charge in [-0.1, -0.05) is 30.3 Å². The highest BCUT2D eigenvalue weighted by molar-refractivity contribution is 5.81. The predicted octanol–water partition coefficient (Wildman–Crippen LogP) is 6.57. The fourth-order valence-corrected chi connectivity index (χ4v) is 3.62. The van der Waals surface area contributed by atoms with Crippen LogP contribution in [0.2, 0.25) is 0 Å². The van der Waals surface area contributed by atoms with Gasteiger partial charge in [0.2, 0.25) is 0 Å². The van der Waals surface area contributed by atoms with E-state index in [2.05, 4.69) is 21.4 Å². The van der Waals surface area contributed by atoms with Gasteiger partial charge in [-0.25, -0.2) is 0 Å². The van der Waals surface area contributed by atoms with Crippen molar-refractivity contribution in [2.24, 2.45) is 0 Å². The number of aromatic nitrogens is 1. The number of alkyl halides is 3. The smallest absolute Gasteiger partial charge is 0.497 e. The Morgan fingerprint density at radius 1 is 0.900 bits per heavy atom. The van der Waals surface area contributed by atoms with Crippen LogP contribution in [-0.4, -0.2) is 18.0 Å². The second-order valence-electron chi connectivity index (χ2n) is 7.03. The number of hydrogen-bond acceptors (Lipinski definition) is 2. The van der Waals surface area contributed by atoms with E-state index >= 15 is 0 Å². The van der Waals surface area contributed by atoms with E-state index in [9.17, 15) is 13.2 Å². The third kappa shape index (κ3) is 4.13. The van der Waals surface area contributed by atoms with E-state index in [1.165, 1.54) is 12.1 Å². The Bertz CT molecular complexity index is 1180. The van der Waals surface area contributed by atoms with E-state index in [-0.39, 0.29) is 5.75 Å². The number of ether oxygens (including phenoxy) is 2. The van der Waals surface area contributed by atoms with Gasteiger partial charge >= 0.3 is 6.36 Å². The highest BCUT2D eigenvalue weighted by atomic mass is 19.4. The van der Waals surface area contributed by atoms with Gasteiger partial charge in [-0.3, -0.25) is 0 Å². The van der Waals surface area contributed by atoms with E-state index < -0.39 is 6.36 Å². The monoisotopic (exact) mass is 411 g/mol. The van der Waals surface area contributed by atoms with Gasteiger partial charge < -0.3 is 14.0 Å². The summed E-state index contributed by atoms with van der Waals surface area (Å²) in [5, 5.41) is 1.13. The van der Waals surface area contributed by atoms with Gasteiger partial charge in [-0.05, 0) is 64.9 Å². The zero-order valence-corrected chi connectivity index (χ0v) is 16.5. The second-order valence-corrected chi connectivity index (χ2v) is 7.03. The average molecular weight is 411 g/mol. The fraction of sp³-hybridized carbons (Fsp3) is 0.167. The Morgan fingerprint density at radius 3 is 2.33 bits per heavy atom. The summed E-state index contributed by atoms with van der Waals surface area (Å²) in [6.45, 7) is 2.70. The molecular weight excluding hydrogens is 391 g/mol. The van der Waals surface area contributed by atoms with Crippen molar-refractivity contribution in [1.29, 1.82) is 0 Å². The van der Waals surface area contributed by atoms with Gasteiger partial charge in [-0.15, -0.1) is 13.2 Å². The van der Waals surface area contributed by atoms with Crippen LogP contribution in [0.4, 0.5) is 13.2 Å². The summed E-state index contributed by atoms with van der Waals surface area (Å²) in [6, 6.07) is 20.0. The molecule has 154 valence electrons. The quantitative estimate of drug-likeness (QED) is 0.371. The molecule has 0 fully saturated rings. The summed E-state index contributed by atoms with van der Waals surface area (Å²) in [5.41, 5.74) is 5.09. The Morgan fingerprint density at radius 2 is 1.63 bits per heavy atom. The second kappa shape index (κ2) is 7.78. The average Bonchev–Trinajstić information content (AvgIpc) is 3.11. The van der Waals surface area contributed by atoms with Gasteiger partial charge in [0.15, 0.2) is 0 Å². The predicted molar refractivity (Wildman–Crippen MR) is 111 cm³/mol. The lowest BCUT2D eigenvalue weighted by atomic mass is 9.96. The molecule has 4 aromatic rings. The first kappa shape index (κ1) is 19.9. The third-order valence-corrected chi connectivity index (χ3v) is 5.17. The summed E-state index contributed by atoms with van der Waals surface area (Å²) in [7, 11) is 1.65. The van der Waals surface area contributed by atoms with Crippen molar-refractivity contribution in [3.05, 3.63) is 84.1 Å². The first-order valence-corrected chi connectivity index (χ1v) is 9.41. The molecule has 0 saturated carbocycles.